The van der Waals surface area contributed by atoms with E-state index in [1.807, 2.05) is 0 Å². The van der Waals surface area contributed by atoms with Crippen molar-refractivity contribution in [3.63, 3.8) is 0 Å². The van der Waals surface area contributed by atoms with Gasteiger partial charge in [-0.25, -0.2) is 0 Å². The lowest BCUT2D eigenvalue weighted by molar-refractivity contribution is -0.139. The van der Waals surface area contributed by atoms with Gasteiger partial charge in [-0.3, -0.25) is 24.6 Å². The monoisotopic (exact) mass is 269 g/mol. The molecule has 1 atom stereocenters. The molecule has 7 nitrogen and oxygen atoms in total. The van der Waals surface area contributed by atoms with Gasteiger partial charge in [0.1, 0.15) is 0 Å². The van der Waals surface area contributed by atoms with Gasteiger partial charge in [-0.15, -0.1) is 0 Å². The molecule has 0 saturated carbocycles. The third kappa shape index (κ3) is 4.06. The Labute approximate surface area is 112 Å². The predicted molar refractivity (Wildman–Crippen MR) is 67.7 cm³/mol. The van der Waals surface area contributed by atoms with Crippen molar-refractivity contribution in [1.82, 2.24) is 15.5 Å². The van der Waals surface area contributed by atoms with Crippen molar-refractivity contribution >= 4 is 17.7 Å². The van der Waals surface area contributed by atoms with Gasteiger partial charge < -0.3 is 10.1 Å². The molecule has 0 aromatic rings. The highest BCUT2D eigenvalue weighted by Gasteiger charge is 2.37. The third-order valence-electron chi connectivity index (χ3n) is 2.75. The molecule has 0 aromatic heterocycles. The molecule has 0 radical (unpaired) electrons. The molecule has 0 spiro atoms. The Morgan fingerprint density at radius 1 is 1.53 bits per heavy atom. The number of imide groups is 1. The molecule has 19 heavy (non-hydrogen) atoms. The molecule has 106 valence electrons. The van der Waals surface area contributed by atoms with E-state index in [1.54, 1.807) is 14.0 Å². The van der Waals surface area contributed by atoms with Crippen LogP contribution in [0, 0.1) is 0 Å². The van der Waals surface area contributed by atoms with Gasteiger partial charge in [0.15, 0.2) is 5.88 Å². The maximum Gasteiger partial charge on any atom is 0.246 e. The van der Waals surface area contributed by atoms with Gasteiger partial charge in [-0.2, -0.15) is 0 Å². The van der Waals surface area contributed by atoms with Crippen LogP contribution in [0.4, 0.5) is 0 Å². The van der Waals surface area contributed by atoms with Gasteiger partial charge >= 0.3 is 0 Å². The summed E-state index contributed by atoms with van der Waals surface area (Å²) in [7, 11) is 1.62. The fraction of sp³-hybridized carbons (Fsp3) is 0.583. The first-order valence-electron chi connectivity index (χ1n) is 6.12. The van der Waals surface area contributed by atoms with E-state index in [-0.39, 0.29) is 43.0 Å². The second-order valence-electron chi connectivity index (χ2n) is 4.08. The van der Waals surface area contributed by atoms with Gasteiger partial charge in [0.2, 0.25) is 17.7 Å². The molecule has 1 unspecified atom stereocenters. The molecule has 0 aromatic carbocycles. The Bertz CT molecular complexity index is 394. The van der Waals surface area contributed by atoms with E-state index >= 15 is 0 Å². The average Bonchev–Trinajstić information content (AvgIpc) is 2.62. The van der Waals surface area contributed by atoms with E-state index in [0.29, 0.717) is 6.61 Å². The number of nitrogens with one attached hydrogen (secondary N) is 2. The first-order valence-corrected chi connectivity index (χ1v) is 6.12. The highest BCUT2D eigenvalue weighted by molar-refractivity contribution is 6.05. The van der Waals surface area contributed by atoms with Crippen LogP contribution >= 0.6 is 0 Å². The minimum absolute atomic E-state index is 0.0278. The molecule has 1 fully saturated rings. The average molecular weight is 269 g/mol. The zero-order chi connectivity index (χ0) is 14.4. The van der Waals surface area contributed by atoms with Crippen molar-refractivity contribution in [2.24, 2.45) is 0 Å². The normalized spacial score (nSPS) is 18.6. The molecule has 2 N–H and O–H groups in total. The van der Waals surface area contributed by atoms with E-state index in [0.717, 1.165) is 4.90 Å². The van der Waals surface area contributed by atoms with Crippen LogP contribution in [0.2, 0.25) is 0 Å². The van der Waals surface area contributed by atoms with Crippen LogP contribution < -0.4 is 10.6 Å². The summed E-state index contributed by atoms with van der Waals surface area (Å²) in [6.45, 7) is 5.76. The Hall–Kier alpha value is -1.89. The third-order valence-corrected chi connectivity index (χ3v) is 2.75. The standard InChI is InChI=1S/C12H19N3O4/c1-4-19-8(2)14-10(16)5-6-15-11(17)7-9(13-3)12(15)18/h9,13H,2,4-7H2,1,3H3,(H,14,16). The van der Waals surface area contributed by atoms with Crippen molar-refractivity contribution in [2.75, 3.05) is 20.2 Å². The lowest BCUT2D eigenvalue weighted by atomic mass is 10.2. The summed E-state index contributed by atoms with van der Waals surface area (Å²) in [4.78, 5) is 36.0. The Balaban J connectivity index is 2.40. The quantitative estimate of drug-likeness (QED) is 0.473. The highest BCUT2D eigenvalue weighted by Crippen LogP contribution is 2.12. The largest absolute Gasteiger partial charge is 0.480 e. The first kappa shape index (κ1) is 15.2. The predicted octanol–water partition coefficient (Wildman–Crippen LogP) is -0.653. The van der Waals surface area contributed by atoms with E-state index < -0.39 is 6.04 Å². The van der Waals surface area contributed by atoms with Crippen LogP contribution in [-0.2, 0) is 19.1 Å². The number of hydrogen-bond donors (Lipinski definition) is 2. The molecule has 1 heterocycles. The maximum absolute atomic E-state index is 11.8. The molecular weight excluding hydrogens is 250 g/mol. The molecule has 3 amide bonds. The summed E-state index contributed by atoms with van der Waals surface area (Å²) in [6, 6.07) is -0.478. The number of hydrogen-bond acceptors (Lipinski definition) is 5. The van der Waals surface area contributed by atoms with Crippen LogP contribution in [-0.4, -0.2) is 48.9 Å². The molecule has 1 aliphatic rings. The van der Waals surface area contributed by atoms with E-state index in [2.05, 4.69) is 17.2 Å². The van der Waals surface area contributed by atoms with E-state index in [1.165, 1.54) is 0 Å². The van der Waals surface area contributed by atoms with Crippen LogP contribution in [0.3, 0.4) is 0 Å². The van der Waals surface area contributed by atoms with Gasteiger partial charge in [-0.1, -0.05) is 0 Å². The lowest BCUT2D eigenvalue weighted by Crippen LogP contribution is -2.39. The summed E-state index contributed by atoms with van der Waals surface area (Å²) in [5, 5.41) is 5.20. The minimum atomic E-state index is -0.478. The highest BCUT2D eigenvalue weighted by atomic mass is 16.5. The van der Waals surface area contributed by atoms with Crippen molar-refractivity contribution < 1.29 is 19.1 Å². The first-order chi connectivity index (χ1) is 8.99. The SMILES string of the molecule is C=C(NC(=O)CCN1C(=O)CC(NC)C1=O)OCC. The number of likely N-dealkylation sites (N-methyl/N-ethyl adjacent to an activating group) is 1. The fourth-order valence-corrected chi connectivity index (χ4v) is 1.79. The summed E-state index contributed by atoms with van der Waals surface area (Å²) in [5.74, 6) is -0.726. The smallest absolute Gasteiger partial charge is 0.246 e. The van der Waals surface area contributed by atoms with Crippen molar-refractivity contribution in [1.29, 1.82) is 0 Å². The summed E-state index contributed by atoms with van der Waals surface area (Å²) in [5.41, 5.74) is 0. The van der Waals surface area contributed by atoms with Gasteiger partial charge in [-0.05, 0) is 20.6 Å². The molecular formula is C12H19N3O4. The van der Waals surface area contributed by atoms with Crippen molar-refractivity contribution in [2.45, 2.75) is 25.8 Å². The van der Waals surface area contributed by atoms with Crippen LogP contribution in [0.5, 0.6) is 0 Å². The Kier molecular flexibility index (Phi) is 5.50. The number of rotatable bonds is 7. The second kappa shape index (κ2) is 6.89. The van der Waals surface area contributed by atoms with Gasteiger partial charge in [0.25, 0.3) is 0 Å². The maximum atomic E-state index is 11.8. The minimum Gasteiger partial charge on any atom is -0.480 e. The topological polar surface area (TPSA) is 87.7 Å². The van der Waals surface area contributed by atoms with E-state index in [9.17, 15) is 14.4 Å². The van der Waals surface area contributed by atoms with Crippen LogP contribution in [0.1, 0.15) is 19.8 Å². The summed E-state index contributed by atoms with van der Waals surface area (Å²) < 4.78 is 4.98. The van der Waals surface area contributed by atoms with E-state index in [4.69, 9.17) is 4.74 Å². The number of carbonyl (C=O) groups excluding carboxylic acids is 3. The molecule has 0 aliphatic carbocycles. The van der Waals surface area contributed by atoms with Crippen LogP contribution in [0.25, 0.3) is 0 Å². The number of amides is 3. The Morgan fingerprint density at radius 3 is 2.74 bits per heavy atom. The molecule has 1 rings (SSSR count). The number of likely N-dealkylation sites (tertiary alicyclic amines) is 1. The molecule has 7 heteroatoms. The summed E-state index contributed by atoms with van der Waals surface area (Å²) >= 11 is 0. The molecule has 1 aliphatic heterocycles. The van der Waals surface area contributed by atoms with Gasteiger partial charge in [0, 0.05) is 13.0 Å². The zero-order valence-corrected chi connectivity index (χ0v) is 11.2. The Morgan fingerprint density at radius 2 is 2.21 bits per heavy atom. The number of nitrogens with zero attached hydrogens (tertiary/aromatic N) is 1. The summed E-state index contributed by atoms with van der Waals surface area (Å²) in [6.07, 6.45) is 0.169. The van der Waals surface area contributed by atoms with Crippen molar-refractivity contribution in [3.05, 3.63) is 12.5 Å². The fourth-order valence-electron chi connectivity index (χ4n) is 1.79. The zero-order valence-electron chi connectivity index (χ0n) is 11.2. The molecule has 1 saturated heterocycles. The van der Waals surface area contributed by atoms with Crippen molar-refractivity contribution in [3.8, 4) is 0 Å². The van der Waals surface area contributed by atoms with Gasteiger partial charge in [0.05, 0.1) is 19.1 Å². The van der Waals surface area contributed by atoms with Crippen LogP contribution in [0.15, 0.2) is 12.5 Å². The number of carbonyl (C=O) groups is 3. The molecule has 0 bridgehead atoms. The number of ether oxygens (including phenoxy) is 1. The lowest BCUT2D eigenvalue weighted by Gasteiger charge is -2.15. The second-order valence-corrected chi connectivity index (χ2v) is 4.08.